The molecule has 1 heterocycles. The third-order valence-corrected chi connectivity index (χ3v) is 5.72. The van der Waals surface area contributed by atoms with Crippen LogP contribution < -0.4 is 15.4 Å². The molecule has 5 heteroatoms. The zero-order valence-electron chi connectivity index (χ0n) is 17.7. The first kappa shape index (κ1) is 21.2. The summed E-state index contributed by atoms with van der Waals surface area (Å²) in [6.07, 6.45) is 2.72. The van der Waals surface area contributed by atoms with Crippen LogP contribution in [-0.4, -0.2) is 19.1 Å². The van der Waals surface area contributed by atoms with E-state index in [-0.39, 0.29) is 6.04 Å². The van der Waals surface area contributed by atoms with Gasteiger partial charge in [-0.15, -0.1) is 0 Å². The number of methoxy groups -OCH3 is 1. The minimum absolute atomic E-state index is 0.234. The largest absolute Gasteiger partial charge is 0.497 e. The molecule has 3 aromatic carbocycles. The van der Waals surface area contributed by atoms with Crippen molar-refractivity contribution >= 4 is 28.2 Å². The van der Waals surface area contributed by atoms with E-state index in [1.165, 1.54) is 16.7 Å². The average molecular weight is 432 g/mol. The molecule has 0 aliphatic heterocycles. The Morgan fingerprint density at radius 1 is 0.968 bits per heavy atom. The Kier molecular flexibility index (Phi) is 6.70. The number of fused-ring (bicyclic) bond motifs is 1. The third-order valence-electron chi connectivity index (χ3n) is 5.49. The number of aromatic nitrogens is 1. The standard InChI is InChI=1S/C26H26ClN3O/c1-28-25(15-18-6-9-22(31-2)10-7-18)20-5-3-4-19(14-20)17-30-24-12-13-29-26-16-21(27)8-11-23(24)26/h3-14,16,25,28H,15,17H2,1-2H3,(H,29,30). The van der Waals surface area contributed by atoms with Gasteiger partial charge in [0.15, 0.2) is 0 Å². The van der Waals surface area contributed by atoms with Gasteiger partial charge in [-0.25, -0.2) is 0 Å². The lowest BCUT2D eigenvalue weighted by Crippen LogP contribution is -2.19. The lowest BCUT2D eigenvalue weighted by Gasteiger charge is -2.18. The number of ether oxygens (including phenoxy) is 1. The van der Waals surface area contributed by atoms with Crippen molar-refractivity contribution in [3.05, 3.63) is 101 Å². The molecule has 158 valence electrons. The number of benzene rings is 3. The zero-order chi connectivity index (χ0) is 21.6. The maximum atomic E-state index is 6.11. The second-order valence-electron chi connectivity index (χ2n) is 7.51. The van der Waals surface area contributed by atoms with Crippen LogP contribution in [0.15, 0.2) is 79.0 Å². The van der Waals surface area contributed by atoms with Crippen molar-refractivity contribution in [1.29, 1.82) is 0 Å². The predicted octanol–water partition coefficient (Wildman–Crippen LogP) is 6.01. The third kappa shape index (κ3) is 5.16. The summed E-state index contributed by atoms with van der Waals surface area (Å²) in [4.78, 5) is 4.42. The number of nitrogens with one attached hydrogen (secondary N) is 2. The maximum absolute atomic E-state index is 6.11. The van der Waals surface area contributed by atoms with Crippen molar-refractivity contribution < 1.29 is 4.74 Å². The van der Waals surface area contributed by atoms with E-state index in [1.807, 2.05) is 49.6 Å². The number of likely N-dealkylation sites (N-methyl/N-ethyl adjacent to an activating group) is 1. The summed E-state index contributed by atoms with van der Waals surface area (Å²) >= 11 is 6.11. The van der Waals surface area contributed by atoms with Crippen molar-refractivity contribution in [2.24, 2.45) is 0 Å². The summed E-state index contributed by atoms with van der Waals surface area (Å²) in [5.74, 6) is 0.878. The smallest absolute Gasteiger partial charge is 0.118 e. The van der Waals surface area contributed by atoms with Crippen LogP contribution in [0.4, 0.5) is 5.69 Å². The van der Waals surface area contributed by atoms with Crippen molar-refractivity contribution in [3.8, 4) is 5.75 Å². The molecule has 0 aliphatic rings. The minimum Gasteiger partial charge on any atom is -0.497 e. The highest BCUT2D eigenvalue weighted by Gasteiger charge is 2.11. The van der Waals surface area contributed by atoms with Crippen LogP contribution in [0.1, 0.15) is 22.7 Å². The summed E-state index contributed by atoms with van der Waals surface area (Å²) in [5, 5.41) is 8.77. The molecule has 4 aromatic rings. The number of rotatable bonds is 8. The molecule has 4 rings (SSSR count). The summed E-state index contributed by atoms with van der Waals surface area (Å²) in [5.41, 5.74) is 5.71. The van der Waals surface area contributed by atoms with Gasteiger partial charge in [-0.2, -0.15) is 0 Å². The maximum Gasteiger partial charge on any atom is 0.118 e. The number of pyridine rings is 1. The van der Waals surface area contributed by atoms with E-state index in [9.17, 15) is 0 Å². The van der Waals surface area contributed by atoms with E-state index in [0.29, 0.717) is 5.02 Å². The van der Waals surface area contributed by atoms with Crippen LogP contribution in [0.3, 0.4) is 0 Å². The summed E-state index contributed by atoms with van der Waals surface area (Å²) in [7, 11) is 3.70. The molecule has 1 aromatic heterocycles. The van der Waals surface area contributed by atoms with Gasteiger partial charge in [0.1, 0.15) is 5.75 Å². The van der Waals surface area contributed by atoms with E-state index >= 15 is 0 Å². The van der Waals surface area contributed by atoms with Gasteiger partial charge in [0, 0.05) is 34.9 Å². The molecule has 2 N–H and O–H groups in total. The molecule has 0 saturated heterocycles. The fraction of sp³-hybridized carbons (Fsp3) is 0.192. The van der Waals surface area contributed by atoms with Gasteiger partial charge in [-0.3, -0.25) is 4.98 Å². The molecule has 0 fully saturated rings. The lowest BCUT2D eigenvalue weighted by molar-refractivity contribution is 0.414. The second kappa shape index (κ2) is 9.82. The molecule has 0 bridgehead atoms. The molecule has 1 unspecified atom stereocenters. The van der Waals surface area contributed by atoms with Crippen molar-refractivity contribution in [1.82, 2.24) is 10.3 Å². The highest BCUT2D eigenvalue weighted by Crippen LogP contribution is 2.26. The van der Waals surface area contributed by atoms with E-state index in [1.54, 1.807) is 7.11 Å². The molecule has 1 atom stereocenters. The van der Waals surface area contributed by atoms with Gasteiger partial charge >= 0.3 is 0 Å². The SMILES string of the molecule is CNC(Cc1ccc(OC)cc1)c1cccc(CNc2ccnc3cc(Cl)ccc23)c1. The van der Waals surface area contributed by atoms with Gasteiger partial charge in [0.05, 0.1) is 12.6 Å². The Hall–Kier alpha value is -3.08. The first-order chi connectivity index (χ1) is 15.2. The van der Waals surface area contributed by atoms with Crippen molar-refractivity contribution in [2.75, 3.05) is 19.5 Å². The normalized spacial score (nSPS) is 12.0. The van der Waals surface area contributed by atoms with Crippen LogP contribution in [-0.2, 0) is 13.0 Å². The van der Waals surface area contributed by atoms with Crippen LogP contribution in [0, 0.1) is 0 Å². The highest BCUT2D eigenvalue weighted by atomic mass is 35.5. The molecule has 0 radical (unpaired) electrons. The first-order valence-electron chi connectivity index (χ1n) is 10.3. The van der Waals surface area contributed by atoms with E-state index < -0.39 is 0 Å². The van der Waals surface area contributed by atoms with Crippen LogP contribution in [0.5, 0.6) is 5.75 Å². The lowest BCUT2D eigenvalue weighted by atomic mass is 9.97. The number of halogens is 1. The molecule has 31 heavy (non-hydrogen) atoms. The second-order valence-corrected chi connectivity index (χ2v) is 7.95. The Labute approximate surface area is 188 Å². The number of hydrogen-bond acceptors (Lipinski definition) is 4. The van der Waals surface area contributed by atoms with Crippen molar-refractivity contribution in [3.63, 3.8) is 0 Å². The van der Waals surface area contributed by atoms with Gasteiger partial charge in [-0.05, 0) is 66.6 Å². The van der Waals surface area contributed by atoms with Crippen LogP contribution in [0.25, 0.3) is 10.9 Å². The topological polar surface area (TPSA) is 46.2 Å². The fourth-order valence-corrected chi connectivity index (χ4v) is 3.94. The summed E-state index contributed by atoms with van der Waals surface area (Å²) in [6.45, 7) is 0.731. The number of nitrogens with zero attached hydrogens (tertiary/aromatic N) is 1. The first-order valence-corrected chi connectivity index (χ1v) is 10.7. The minimum atomic E-state index is 0.234. The Morgan fingerprint density at radius 2 is 1.81 bits per heavy atom. The Morgan fingerprint density at radius 3 is 2.58 bits per heavy atom. The fourth-order valence-electron chi connectivity index (χ4n) is 3.78. The van der Waals surface area contributed by atoms with Gasteiger partial charge in [0.2, 0.25) is 0 Å². The Balaban J connectivity index is 1.48. The molecule has 0 amide bonds. The highest BCUT2D eigenvalue weighted by molar-refractivity contribution is 6.31. The molecule has 0 aliphatic carbocycles. The monoisotopic (exact) mass is 431 g/mol. The summed E-state index contributed by atoms with van der Waals surface area (Å²) < 4.78 is 5.26. The van der Waals surface area contributed by atoms with Crippen LogP contribution >= 0.6 is 11.6 Å². The molecular formula is C26H26ClN3O. The number of anilines is 1. The molecule has 0 saturated carbocycles. The zero-order valence-corrected chi connectivity index (χ0v) is 18.5. The predicted molar refractivity (Wildman–Crippen MR) is 129 cm³/mol. The van der Waals surface area contributed by atoms with E-state index in [0.717, 1.165) is 35.3 Å². The van der Waals surface area contributed by atoms with E-state index in [2.05, 4.69) is 52.0 Å². The van der Waals surface area contributed by atoms with Gasteiger partial charge in [0.25, 0.3) is 0 Å². The molecule has 0 spiro atoms. The van der Waals surface area contributed by atoms with E-state index in [4.69, 9.17) is 16.3 Å². The summed E-state index contributed by atoms with van der Waals surface area (Å²) in [6, 6.07) is 25.0. The van der Waals surface area contributed by atoms with Gasteiger partial charge < -0.3 is 15.4 Å². The van der Waals surface area contributed by atoms with Gasteiger partial charge in [-0.1, -0.05) is 48.0 Å². The number of hydrogen-bond donors (Lipinski definition) is 2. The Bertz CT molecular complexity index is 1160. The molecule has 4 nitrogen and oxygen atoms in total. The molecular weight excluding hydrogens is 406 g/mol. The van der Waals surface area contributed by atoms with Crippen LogP contribution in [0.2, 0.25) is 5.02 Å². The average Bonchev–Trinajstić information content (AvgIpc) is 2.81. The quantitative estimate of drug-likeness (QED) is 0.358. The van der Waals surface area contributed by atoms with Crippen molar-refractivity contribution in [2.45, 2.75) is 19.0 Å².